The van der Waals surface area contributed by atoms with Gasteiger partial charge in [0.25, 0.3) is 33.1 Å². The molecule has 1 aromatic rings. The van der Waals surface area contributed by atoms with Crippen LogP contribution in [0.4, 0.5) is 0 Å². The Hall–Kier alpha value is 1.67. The molecule has 12 nitrogen and oxygen atoms in total. The van der Waals surface area contributed by atoms with Gasteiger partial charge in [-0.05, 0) is 0 Å². The Morgan fingerprint density at radius 3 is 1.50 bits per heavy atom. The fourth-order valence-corrected chi connectivity index (χ4v) is 1.88. The van der Waals surface area contributed by atoms with E-state index in [9.17, 15) is 31.2 Å². The number of hydrogen-bond acceptors (Lipinski definition) is 13. The fraction of sp³-hybridized carbons (Fsp3) is 0. The molecule has 0 aromatic heterocycles. The molecule has 0 fully saturated rings. The van der Waals surface area contributed by atoms with Crippen LogP contribution in [-0.2, 0) is 30.2 Å². The summed E-state index contributed by atoms with van der Waals surface area (Å²) in [6.07, 6.45) is 0. The van der Waals surface area contributed by atoms with Crippen molar-refractivity contribution >= 4 is 33.1 Å². The molecule has 0 saturated heterocycles. The van der Waals surface area contributed by atoms with Gasteiger partial charge in [0.1, 0.15) is 17.2 Å². The summed E-state index contributed by atoms with van der Waals surface area (Å²) in [6.45, 7) is 0. The van der Waals surface area contributed by atoms with E-state index in [4.69, 9.17) is 0 Å². The number of hydrogen-bond donors (Lipinski definition) is 0. The second-order valence-corrected chi connectivity index (χ2v) is 5.32. The van der Waals surface area contributed by atoms with E-state index in [2.05, 4.69) is 21.9 Å². The molecule has 0 aliphatic heterocycles. The molecule has 0 saturated carbocycles. The first kappa shape index (κ1) is 30.4. The predicted octanol–water partition coefficient (Wildman–Crippen LogP) is -10.5. The van der Waals surface area contributed by atoms with Crippen LogP contribution in [0.25, 0.3) is 0 Å². The molecule has 1 rings (SSSR count). The Bertz CT molecular complexity index is 640. The molecule has 24 heavy (non-hydrogen) atoms. The van der Waals surface area contributed by atoms with Crippen LogP contribution < -0.4 is 106 Å². The van der Waals surface area contributed by atoms with E-state index >= 15 is 0 Å². The third-order valence-corrected chi connectivity index (χ3v) is 2.60. The van der Waals surface area contributed by atoms with Crippen LogP contribution in [-0.4, -0.2) is 25.9 Å². The molecule has 0 atom stereocenters. The van der Waals surface area contributed by atoms with E-state index < -0.39 is 38.0 Å². The summed E-state index contributed by atoms with van der Waals surface area (Å²) in [7, 11) is -10.4. The Kier molecular flexibility index (Phi) is 17.5. The van der Waals surface area contributed by atoms with Crippen LogP contribution in [0.1, 0.15) is 0 Å². The average molecular weight is 432 g/mol. The van der Waals surface area contributed by atoms with Crippen molar-refractivity contribution in [3.63, 3.8) is 0 Å². The Labute approximate surface area is 207 Å². The van der Waals surface area contributed by atoms with Gasteiger partial charge in [-0.2, -0.15) is 0 Å². The number of benzene rings is 1. The first-order valence-electron chi connectivity index (χ1n) is 4.34. The van der Waals surface area contributed by atoms with Gasteiger partial charge in [0.15, 0.2) is 0 Å². The number of rotatable bonds is 8. The average Bonchev–Trinajstić information content (AvgIpc) is 2.24. The third-order valence-electron chi connectivity index (χ3n) is 1.44. The molecule has 0 amide bonds. The largest absolute Gasteiger partial charge is 1.00 e. The summed E-state index contributed by atoms with van der Waals surface area (Å²) in [5, 5.41) is 12.4. The first-order valence-corrected chi connectivity index (χ1v) is 7.68. The van der Waals surface area contributed by atoms with E-state index in [1.165, 1.54) is 0 Å². The molecule has 0 radical (unpaired) electrons. The molecule has 1 aromatic carbocycles. The van der Waals surface area contributed by atoms with Crippen molar-refractivity contribution < 1.29 is 142 Å². The van der Waals surface area contributed by atoms with E-state index in [1.807, 2.05) is 0 Å². The molecule has 120 valence electrons. The standard InChI is InChI=1S/C6H6O12S3.3Na/c7-17-18-19-14-4-1-5(15-20(8,9)10)3-6(2-4)16-21(11,12)13;;;/h1-3,7H,(H,8,9,10)(H,11,12,13);;;/q;3*+1/p-3. The van der Waals surface area contributed by atoms with Gasteiger partial charge in [-0.1, -0.05) is 0 Å². The summed E-state index contributed by atoms with van der Waals surface area (Å²) in [5.74, 6) is -1.83. The van der Waals surface area contributed by atoms with Crippen LogP contribution in [0, 0.1) is 0 Å². The quantitative estimate of drug-likeness (QED) is 0.0718. The van der Waals surface area contributed by atoms with Gasteiger partial charge in [-0.15, -0.1) is 4.33 Å². The molecule has 0 N–H and O–H groups in total. The molecular formula is C6H3Na3O12S3. The van der Waals surface area contributed by atoms with Crippen molar-refractivity contribution in [3.8, 4) is 17.2 Å². The summed E-state index contributed by atoms with van der Waals surface area (Å²) in [6, 6.07) is 2.20. The maximum atomic E-state index is 10.4. The van der Waals surface area contributed by atoms with Crippen molar-refractivity contribution in [2.75, 3.05) is 0 Å². The van der Waals surface area contributed by atoms with E-state index in [-0.39, 0.29) is 101 Å². The van der Waals surface area contributed by atoms with Gasteiger partial charge >= 0.3 is 88.7 Å². The Morgan fingerprint density at radius 1 is 0.792 bits per heavy atom. The molecule has 0 spiro atoms. The van der Waals surface area contributed by atoms with Gasteiger partial charge < -0.3 is 26.9 Å². The zero-order chi connectivity index (χ0) is 16.1. The van der Waals surface area contributed by atoms with Gasteiger partial charge in [0, 0.05) is 18.2 Å². The molecular weight excluding hydrogens is 429 g/mol. The summed E-state index contributed by atoms with van der Waals surface area (Å²) >= 11 is -0.0413. The van der Waals surface area contributed by atoms with Crippen molar-refractivity contribution in [2.45, 2.75) is 0 Å². The summed E-state index contributed by atoms with van der Waals surface area (Å²) < 4.78 is 78.8. The fourth-order valence-electron chi connectivity index (χ4n) is 0.990. The van der Waals surface area contributed by atoms with Crippen LogP contribution in [0.3, 0.4) is 0 Å². The third kappa shape index (κ3) is 14.8. The monoisotopic (exact) mass is 432 g/mol. The normalized spacial score (nSPS) is 10.5. The van der Waals surface area contributed by atoms with Crippen molar-refractivity contribution in [1.29, 1.82) is 0 Å². The Morgan fingerprint density at radius 2 is 1.17 bits per heavy atom. The molecule has 0 aliphatic rings. The van der Waals surface area contributed by atoms with Gasteiger partial charge in [-0.25, -0.2) is 16.8 Å². The molecule has 18 heteroatoms. The van der Waals surface area contributed by atoms with Crippen LogP contribution >= 0.6 is 12.3 Å². The predicted molar refractivity (Wildman–Crippen MR) is 57.5 cm³/mol. The van der Waals surface area contributed by atoms with Gasteiger partial charge in [0.2, 0.25) is 0 Å². The SMILES string of the molecule is O=S(=O)([O-])Oc1cc(OSOO[O-])cc(OS(=O)(=O)[O-])c1.[Na+].[Na+].[Na+]. The zero-order valence-electron chi connectivity index (χ0n) is 12.4. The molecule has 0 unspecified atom stereocenters. The Balaban J connectivity index is -0.00000147. The van der Waals surface area contributed by atoms with E-state index in [0.717, 1.165) is 12.1 Å². The van der Waals surface area contributed by atoms with Crippen molar-refractivity contribution in [2.24, 2.45) is 0 Å². The van der Waals surface area contributed by atoms with Crippen LogP contribution in [0.15, 0.2) is 18.2 Å². The zero-order valence-corrected chi connectivity index (χ0v) is 20.8. The molecule has 0 bridgehead atoms. The smallest absolute Gasteiger partial charge is 0.716 e. The van der Waals surface area contributed by atoms with Crippen LogP contribution in [0.5, 0.6) is 17.2 Å². The van der Waals surface area contributed by atoms with Crippen molar-refractivity contribution in [1.82, 2.24) is 0 Å². The topological polar surface area (TPSA) is 184 Å². The summed E-state index contributed by atoms with van der Waals surface area (Å²) in [4.78, 5) is 0. The van der Waals surface area contributed by atoms with Crippen LogP contribution in [0.2, 0.25) is 0 Å². The molecule has 0 heterocycles. The molecule has 0 aliphatic carbocycles. The van der Waals surface area contributed by atoms with E-state index in [1.54, 1.807) is 0 Å². The maximum absolute atomic E-state index is 10.4. The second kappa shape index (κ2) is 13.8. The second-order valence-electron chi connectivity index (χ2n) is 2.91. The minimum Gasteiger partial charge on any atom is -0.716 e. The first-order chi connectivity index (χ1) is 9.59. The minimum absolute atomic E-state index is 0. The maximum Gasteiger partial charge on any atom is 1.00 e. The van der Waals surface area contributed by atoms with Gasteiger partial charge in [0.05, 0.1) is 0 Å². The summed E-state index contributed by atoms with van der Waals surface area (Å²) in [5.41, 5.74) is 0. The van der Waals surface area contributed by atoms with E-state index in [0.29, 0.717) is 6.07 Å². The van der Waals surface area contributed by atoms with Gasteiger partial charge in [-0.3, -0.25) is 5.04 Å². The van der Waals surface area contributed by atoms with Crippen molar-refractivity contribution in [3.05, 3.63) is 18.2 Å². The minimum atomic E-state index is -5.18.